The Balaban J connectivity index is 2.45. The van der Waals surface area contributed by atoms with Crippen molar-refractivity contribution in [1.29, 1.82) is 0 Å². The molecule has 0 bridgehead atoms. The highest BCUT2D eigenvalue weighted by atomic mass is 16.5. The number of ether oxygens (including phenoxy) is 3. The molecule has 0 atom stereocenters. The van der Waals surface area contributed by atoms with Gasteiger partial charge in [0.2, 0.25) is 5.82 Å². The van der Waals surface area contributed by atoms with Crippen molar-refractivity contribution in [3.8, 4) is 5.75 Å². The second-order valence-corrected chi connectivity index (χ2v) is 5.13. The Hall–Kier alpha value is -3.69. The number of carbonyl (C=O) groups is 3. The average Bonchev–Trinajstić information content (AvgIpc) is 3.11. The normalized spacial score (nSPS) is 10.7. The molecule has 0 spiro atoms. The minimum absolute atomic E-state index is 0.00210. The van der Waals surface area contributed by atoms with Gasteiger partial charge in [-0.3, -0.25) is 0 Å². The van der Waals surface area contributed by atoms with Crippen molar-refractivity contribution in [2.45, 2.75) is 0 Å². The van der Waals surface area contributed by atoms with Crippen molar-refractivity contribution < 1.29 is 33.7 Å². The number of benzene rings is 1. The number of phenols is 1. The summed E-state index contributed by atoms with van der Waals surface area (Å²) in [4.78, 5) is 46.5. The number of aromatic amines is 1. The average molecular weight is 359 g/mol. The van der Waals surface area contributed by atoms with Gasteiger partial charge in [0.25, 0.3) is 0 Å². The zero-order valence-corrected chi connectivity index (χ0v) is 13.9. The molecule has 10 nitrogen and oxygen atoms in total. The standard InChI is InChI=1S/C16H13N3O7/c1-24-14(21)6-4-8(15(22)25-2)17-7-5-9(20)11-12(10(6)7)19-13(18-11)16(23)26-3/h4-5,17,20H,1-3H3. The fourth-order valence-electron chi connectivity index (χ4n) is 2.54. The predicted octanol–water partition coefficient (Wildman–Crippen LogP) is 1.18. The quantitative estimate of drug-likeness (QED) is 0.521. The number of rotatable bonds is 3. The molecular formula is C16H13N3O7. The fourth-order valence-corrected chi connectivity index (χ4v) is 2.54. The highest BCUT2D eigenvalue weighted by molar-refractivity contribution is 6.16. The number of nitrogens with one attached hydrogen (secondary N) is 1. The Bertz CT molecular complexity index is 1070. The van der Waals surface area contributed by atoms with E-state index in [1.165, 1.54) is 26.4 Å². The number of pyridine rings is 1. The maximum Gasteiger partial charge on any atom is 0.376 e. The number of fused-ring (bicyclic) bond motifs is 3. The number of methoxy groups -OCH3 is 3. The van der Waals surface area contributed by atoms with Gasteiger partial charge in [0.15, 0.2) is 0 Å². The van der Waals surface area contributed by atoms with Crippen molar-refractivity contribution in [3.63, 3.8) is 0 Å². The van der Waals surface area contributed by atoms with Crippen molar-refractivity contribution in [1.82, 2.24) is 15.0 Å². The summed E-state index contributed by atoms with van der Waals surface area (Å²) in [6.07, 6.45) is 0. The number of imidazole rings is 1. The van der Waals surface area contributed by atoms with Crippen LogP contribution in [0.4, 0.5) is 0 Å². The van der Waals surface area contributed by atoms with Gasteiger partial charge in [0.05, 0.1) is 32.4 Å². The monoisotopic (exact) mass is 359 g/mol. The topological polar surface area (TPSA) is 141 Å². The molecule has 0 aliphatic heterocycles. The Labute approximate surface area is 145 Å². The van der Waals surface area contributed by atoms with Crippen LogP contribution in [0.1, 0.15) is 31.5 Å². The summed E-state index contributed by atoms with van der Waals surface area (Å²) in [5.74, 6) is -2.85. The summed E-state index contributed by atoms with van der Waals surface area (Å²) in [5, 5.41) is 10.4. The molecule has 0 unspecified atom stereocenters. The number of hydrogen-bond donors (Lipinski definition) is 2. The van der Waals surface area contributed by atoms with E-state index in [-0.39, 0.29) is 44.8 Å². The Morgan fingerprint density at radius 3 is 2.15 bits per heavy atom. The molecule has 0 amide bonds. The lowest BCUT2D eigenvalue weighted by Gasteiger charge is -2.09. The number of carbonyl (C=O) groups excluding carboxylic acids is 3. The highest BCUT2D eigenvalue weighted by Gasteiger charge is 2.24. The molecule has 26 heavy (non-hydrogen) atoms. The Morgan fingerprint density at radius 1 is 0.923 bits per heavy atom. The molecule has 0 aliphatic rings. The molecule has 2 aromatic heterocycles. The van der Waals surface area contributed by atoms with Gasteiger partial charge in [0.1, 0.15) is 22.5 Å². The summed E-state index contributed by atoms with van der Waals surface area (Å²) in [5.41, 5.74) is 0.236. The lowest BCUT2D eigenvalue weighted by Crippen LogP contribution is -2.10. The van der Waals surface area contributed by atoms with Gasteiger partial charge < -0.3 is 24.3 Å². The van der Waals surface area contributed by atoms with E-state index in [2.05, 4.69) is 24.4 Å². The molecule has 134 valence electrons. The largest absolute Gasteiger partial charge is 0.506 e. The third-order valence-corrected chi connectivity index (χ3v) is 3.70. The van der Waals surface area contributed by atoms with E-state index in [0.29, 0.717) is 0 Å². The van der Waals surface area contributed by atoms with Crippen LogP contribution in [0.5, 0.6) is 5.75 Å². The Morgan fingerprint density at radius 2 is 1.54 bits per heavy atom. The number of aromatic hydroxyl groups is 1. The summed E-state index contributed by atoms with van der Waals surface area (Å²) in [7, 11) is 3.53. The SMILES string of the molecule is COC(=O)c1nc2c(O)cc3[nH]c(C(=O)OC)cc(C(=O)OC)c3c2n1. The third-order valence-electron chi connectivity index (χ3n) is 3.70. The van der Waals surface area contributed by atoms with E-state index in [9.17, 15) is 19.5 Å². The van der Waals surface area contributed by atoms with Crippen molar-refractivity contribution in [3.05, 3.63) is 29.2 Å². The third kappa shape index (κ3) is 2.57. The second-order valence-electron chi connectivity index (χ2n) is 5.13. The first-order chi connectivity index (χ1) is 12.4. The molecule has 2 heterocycles. The van der Waals surface area contributed by atoms with Gasteiger partial charge in [-0.2, -0.15) is 0 Å². The van der Waals surface area contributed by atoms with Crippen molar-refractivity contribution in [2.75, 3.05) is 21.3 Å². The van der Waals surface area contributed by atoms with Crippen LogP contribution < -0.4 is 0 Å². The maximum absolute atomic E-state index is 12.2. The summed E-state index contributed by atoms with van der Waals surface area (Å²) >= 11 is 0. The fraction of sp³-hybridized carbons (Fsp3) is 0.188. The van der Waals surface area contributed by atoms with Crippen LogP contribution in [-0.2, 0) is 14.2 Å². The lowest BCUT2D eigenvalue weighted by molar-refractivity contribution is 0.0580. The van der Waals surface area contributed by atoms with Gasteiger partial charge >= 0.3 is 17.9 Å². The van der Waals surface area contributed by atoms with E-state index in [4.69, 9.17) is 4.74 Å². The number of nitrogens with zero attached hydrogens (tertiary/aromatic N) is 2. The summed E-state index contributed by atoms with van der Waals surface area (Å²) in [6, 6.07) is 2.50. The van der Waals surface area contributed by atoms with Gasteiger partial charge in [-0.05, 0) is 6.07 Å². The number of hydrogen-bond acceptors (Lipinski definition) is 9. The van der Waals surface area contributed by atoms with E-state index < -0.39 is 17.9 Å². The van der Waals surface area contributed by atoms with Crippen LogP contribution in [0.15, 0.2) is 12.1 Å². The lowest BCUT2D eigenvalue weighted by atomic mass is 10.1. The molecule has 0 saturated heterocycles. The number of phenolic OH excluding ortho intramolecular Hbond substituents is 1. The zero-order valence-electron chi connectivity index (χ0n) is 13.9. The number of aromatic nitrogens is 3. The predicted molar refractivity (Wildman–Crippen MR) is 87.1 cm³/mol. The molecular weight excluding hydrogens is 346 g/mol. The van der Waals surface area contributed by atoms with Crippen LogP contribution in [0, 0.1) is 0 Å². The van der Waals surface area contributed by atoms with E-state index in [0.717, 1.165) is 7.11 Å². The minimum atomic E-state index is -0.802. The molecule has 3 rings (SSSR count). The molecule has 0 radical (unpaired) electrons. The van der Waals surface area contributed by atoms with Crippen molar-refractivity contribution >= 4 is 39.8 Å². The molecule has 0 aliphatic carbocycles. The number of esters is 3. The summed E-state index contributed by atoms with van der Waals surface area (Å²) in [6.45, 7) is 0. The highest BCUT2D eigenvalue weighted by Crippen LogP contribution is 2.33. The molecule has 10 heteroatoms. The molecule has 0 fully saturated rings. The van der Waals surface area contributed by atoms with Gasteiger partial charge in [-0.15, -0.1) is 0 Å². The van der Waals surface area contributed by atoms with E-state index in [1.807, 2.05) is 0 Å². The summed E-state index contributed by atoms with van der Waals surface area (Å²) < 4.78 is 14.0. The molecule has 0 saturated carbocycles. The number of H-pyrrole nitrogens is 1. The first-order valence-electron chi connectivity index (χ1n) is 7.22. The minimum Gasteiger partial charge on any atom is -0.506 e. The van der Waals surface area contributed by atoms with Crippen LogP contribution >= 0.6 is 0 Å². The van der Waals surface area contributed by atoms with E-state index >= 15 is 0 Å². The molecule has 1 aromatic carbocycles. The molecule has 3 aromatic rings. The van der Waals surface area contributed by atoms with Crippen LogP contribution in [0.25, 0.3) is 21.9 Å². The van der Waals surface area contributed by atoms with Crippen molar-refractivity contribution in [2.24, 2.45) is 0 Å². The maximum atomic E-state index is 12.2. The zero-order chi connectivity index (χ0) is 19.0. The van der Waals surface area contributed by atoms with Crippen LogP contribution in [0.3, 0.4) is 0 Å². The van der Waals surface area contributed by atoms with Crippen LogP contribution in [0.2, 0.25) is 0 Å². The van der Waals surface area contributed by atoms with Crippen LogP contribution in [-0.4, -0.2) is 59.3 Å². The second kappa shape index (κ2) is 6.31. The Kier molecular flexibility index (Phi) is 4.16. The first kappa shape index (κ1) is 17.1. The van der Waals surface area contributed by atoms with Gasteiger partial charge in [-0.25, -0.2) is 24.4 Å². The van der Waals surface area contributed by atoms with E-state index in [1.54, 1.807) is 0 Å². The first-order valence-corrected chi connectivity index (χ1v) is 7.22. The molecule has 2 N–H and O–H groups in total. The van der Waals surface area contributed by atoms with Gasteiger partial charge in [0, 0.05) is 11.5 Å². The van der Waals surface area contributed by atoms with Gasteiger partial charge in [-0.1, -0.05) is 0 Å². The smallest absolute Gasteiger partial charge is 0.376 e.